The van der Waals surface area contributed by atoms with Crippen molar-refractivity contribution < 1.29 is 0 Å². The predicted octanol–water partition coefficient (Wildman–Crippen LogP) is 5.13. The lowest BCUT2D eigenvalue weighted by molar-refractivity contribution is 0.585. The van der Waals surface area contributed by atoms with Gasteiger partial charge in [0.25, 0.3) is 0 Å². The molecule has 2 heteroatoms. The molecule has 1 N–H and O–H groups in total. The molecule has 0 fully saturated rings. The number of unbranched alkanes of at least 4 members (excludes halogenated alkanes) is 3. The number of pyridine rings is 1. The van der Waals surface area contributed by atoms with E-state index in [0.29, 0.717) is 0 Å². The quantitative estimate of drug-likeness (QED) is 0.553. The lowest BCUT2D eigenvalue weighted by atomic mass is 10.1. The Balaban J connectivity index is 1.28. The minimum Gasteiger partial charge on any atom is -0.313 e. The van der Waals surface area contributed by atoms with E-state index >= 15 is 0 Å². The summed E-state index contributed by atoms with van der Waals surface area (Å²) in [6, 6.07) is 21.4. The Morgan fingerprint density at radius 1 is 0.750 bits per heavy atom. The summed E-state index contributed by atoms with van der Waals surface area (Å²) < 4.78 is 0. The topological polar surface area (TPSA) is 24.9 Å². The smallest absolute Gasteiger partial charge is 0.0403 e. The van der Waals surface area contributed by atoms with Crippen molar-refractivity contribution in [3.8, 4) is 0 Å². The third kappa shape index (κ3) is 5.17. The summed E-state index contributed by atoms with van der Waals surface area (Å²) in [7, 11) is 0. The molecule has 0 saturated heterocycles. The Morgan fingerprint density at radius 2 is 1.58 bits per heavy atom. The van der Waals surface area contributed by atoms with Gasteiger partial charge in [0.15, 0.2) is 0 Å². The lowest BCUT2D eigenvalue weighted by Crippen LogP contribution is -2.14. The van der Waals surface area contributed by atoms with E-state index in [-0.39, 0.29) is 0 Å². The summed E-state index contributed by atoms with van der Waals surface area (Å²) in [5, 5.41) is 6.20. The third-order valence-electron chi connectivity index (χ3n) is 4.41. The van der Waals surface area contributed by atoms with Crippen LogP contribution in [0, 0.1) is 0 Å². The third-order valence-corrected chi connectivity index (χ3v) is 4.41. The van der Waals surface area contributed by atoms with Crippen LogP contribution in [0.4, 0.5) is 0 Å². The monoisotopic (exact) mass is 318 g/mol. The molecule has 0 saturated carbocycles. The van der Waals surface area contributed by atoms with Gasteiger partial charge in [-0.2, -0.15) is 0 Å². The summed E-state index contributed by atoms with van der Waals surface area (Å²) in [5.74, 6) is 0. The molecule has 1 heterocycles. The molecule has 2 nitrogen and oxygen atoms in total. The van der Waals surface area contributed by atoms with Crippen molar-refractivity contribution in [3.63, 3.8) is 0 Å². The molecular formula is C22H26N2. The second kappa shape index (κ2) is 9.19. The van der Waals surface area contributed by atoms with Gasteiger partial charge in [0.2, 0.25) is 0 Å². The largest absolute Gasteiger partial charge is 0.313 e. The van der Waals surface area contributed by atoms with Crippen LogP contribution in [0.15, 0.2) is 66.9 Å². The highest BCUT2D eigenvalue weighted by Gasteiger charge is 1.97. The number of hydrogen-bond acceptors (Lipinski definition) is 2. The molecule has 0 bridgehead atoms. The van der Waals surface area contributed by atoms with Gasteiger partial charge in [-0.1, -0.05) is 55.3 Å². The Kier molecular flexibility index (Phi) is 6.38. The standard InChI is InChI=1S/C22H26N2/c1(3-11-22-12-6-8-16-24-22)2-7-15-23-18-19-13-14-20-9-4-5-10-21(20)17-19/h4-6,8-10,12-14,16-17,23H,1-3,7,11,15,18H2. The first-order valence-corrected chi connectivity index (χ1v) is 9.00. The highest BCUT2D eigenvalue weighted by atomic mass is 14.8. The summed E-state index contributed by atoms with van der Waals surface area (Å²) >= 11 is 0. The normalized spacial score (nSPS) is 11.0. The zero-order valence-corrected chi connectivity index (χ0v) is 14.2. The maximum Gasteiger partial charge on any atom is 0.0403 e. The highest BCUT2D eigenvalue weighted by Crippen LogP contribution is 2.15. The van der Waals surface area contributed by atoms with Crippen molar-refractivity contribution in [1.82, 2.24) is 10.3 Å². The minimum atomic E-state index is 0.957. The Morgan fingerprint density at radius 3 is 2.46 bits per heavy atom. The number of benzene rings is 2. The molecule has 0 unspecified atom stereocenters. The molecule has 2 aromatic carbocycles. The van der Waals surface area contributed by atoms with Gasteiger partial charge in [-0.25, -0.2) is 0 Å². The number of nitrogens with zero attached hydrogens (tertiary/aromatic N) is 1. The van der Waals surface area contributed by atoms with Crippen LogP contribution < -0.4 is 5.32 Å². The molecule has 124 valence electrons. The highest BCUT2D eigenvalue weighted by molar-refractivity contribution is 5.82. The van der Waals surface area contributed by atoms with E-state index < -0.39 is 0 Å². The van der Waals surface area contributed by atoms with Crippen LogP contribution in [0.5, 0.6) is 0 Å². The second-order valence-corrected chi connectivity index (χ2v) is 6.34. The number of rotatable bonds is 9. The average Bonchev–Trinajstić information content (AvgIpc) is 2.64. The molecule has 0 atom stereocenters. The molecule has 0 amide bonds. The van der Waals surface area contributed by atoms with Gasteiger partial charge < -0.3 is 5.32 Å². The Hall–Kier alpha value is -2.19. The first kappa shape index (κ1) is 16.7. The van der Waals surface area contributed by atoms with E-state index in [0.717, 1.165) is 19.5 Å². The molecule has 3 rings (SSSR count). The summed E-state index contributed by atoms with van der Waals surface area (Å²) in [5.41, 5.74) is 2.58. The van der Waals surface area contributed by atoms with Gasteiger partial charge in [-0.3, -0.25) is 4.98 Å². The first-order valence-electron chi connectivity index (χ1n) is 9.00. The number of nitrogens with one attached hydrogen (secondary N) is 1. The van der Waals surface area contributed by atoms with Crippen LogP contribution in [0.2, 0.25) is 0 Å². The second-order valence-electron chi connectivity index (χ2n) is 6.34. The molecule has 0 radical (unpaired) electrons. The fourth-order valence-corrected chi connectivity index (χ4v) is 3.04. The summed E-state index contributed by atoms with van der Waals surface area (Å²) in [6.45, 7) is 2.05. The van der Waals surface area contributed by atoms with Crippen molar-refractivity contribution in [2.24, 2.45) is 0 Å². The molecule has 0 aliphatic rings. The van der Waals surface area contributed by atoms with Gasteiger partial charge in [0, 0.05) is 18.4 Å². The molecule has 24 heavy (non-hydrogen) atoms. The van der Waals surface area contributed by atoms with Crippen molar-refractivity contribution >= 4 is 10.8 Å². The SMILES string of the molecule is c1ccc(CCCCCCNCc2ccc3ccccc3c2)nc1. The van der Waals surface area contributed by atoms with Crippen LogP contribution >= 0.6 is 0 Å². The Bertz CT molecular complexity index is 737. The number of aryl methyl sites for hydroxylation is 1. The van der Waals surface area contributed by atoms with E-state index in [4.69, 9.17) is 0 Å². The summed E-state index contributed by atoms with van der Waals surface area (Å²) in [6.07, 6.45) is 8.04. The average molecular weight is 318 g/mol. The van der Waals surface area contributed by atoms with Crippen LogP contribution in [0.25, 0.3) is 10.8 Å². The van der Waals surface area contributed by atoms with Gasteiger partial charge in [-0.05, 0) is 60.3 Å². The molecule has 0 aliphatic heterocycles. The molecule has 0 spiro atoms. The molecular weight excluding hydrogens is 292 g/mol. The summed E-state index contributed by atoms with van der Waals surface area (Å²) in [4.78, 5) is 4.37. The van der Waals surface area contributed by atoms with Crippen molar-refractivity contribution in [1.29, 1.82) is 0 Å². The fraction of sp³-hybridized carbons (Fsp3) is 0.318. The maximum atomic E-state index is 4.37. The minimum absolute atomic E-state index is 0.957. The molecule has 1 aromatic heterocycles. The fourth-order valence-electron chi connectivity index (χ4n) is 3.04. The van der Waals surface area contributed by atoms with E-state index in [1.54, 1.807) is 0 Å². The first-order chi connectivity index (χ1) is 11.9. The van der Waals surface area contributed by atoms with Crippen LogP contribution in [0.1, 0.15) is 36.9 Å². The van der Waals surface area contributed by atoms with Crippen LogP contribution in [-0.4, -0.2) is 11.5 Å². The van der Waals surface area contributed by atoms with Gasteiger partial charge in [-0.15, -0.1) is 0 Å². The van der Waals surface area contributed by atoms with E-state index in [1.807, 2.05) is 12.3 Å². The van der Waals surface area contributed by atoms with Gasteiger partial charge in [0.1, 0.15) is 0 Å². The predicted molar refractivity (Wildman–Crippen MR) is 102 cm³/mol. The van der Waals surface area contributed by atoms with Crippen LogP contribution in [0.3, 0.4) is 0 Å². The maximum absolute atomic E-state index is 4.37. The lowest BCUT2D eigenvalue weighted by Gasteiger charge is -2.06. The van der Waals surface area contributed by atoms with Crippen LogP contribution in [-0.2, 0) is 13.0 Å². The van der Waals surface area contributed by atoms with Gasteiger partial charge in [0.05, 0.1) is 0 Å². The zero-order valence-electron chi connectivity index (χ0n) is 14.2. The van der Waals surface area contributed by atoms with E-state index in [1.165, 1.54) is 47.7 Å². The molecule has 0 aliphatic carbocycles. The number of aromatic nitrogens is 1. The zero-order chi connectivity index (χ0) is 16.5. The Labute approximate surface area is 144 Å². The van der Waals surface area contributed by atoms with Crippen molar-refractivity contribution in [3.05, 3.63) is 78.1 Å². The van der Waals surface area contributed by atoms with Gasteiger partial charge >= 0.3 is 0 Å². The van der Waals surface area contributed by atoms with E-state index in [2.05, 4.69) is 64.9 Å². The number of fused-ring (bicyclic) bond motifs is 1. The van der Waals surface area contributed by atoms with Crippen molar-refractivity contribution in [2.75, 3.05) is 6.54 Å². The number of hydrogen-bond donors (Lipinski definition) is 1. The van der Waals surface area contributed by atoms with E-state index in [9.17, 15) is 0 Å². The van der Waals surface area contributed by atoms with Crippen molar-refractivity contribution in [2.45, 2.75) is 38.6 Å². The molecule has 3 aromatic rings.